The van der Waals surface area contributed by atoms with Crippen molar-refractivity contribution in [3.8, 4) is 5.75 Å². The van der Waals surface area contributed by atoms with E-state index in [0.29, 0.717) is 24.5 Å². The molecule has 1 saturated heterocycles. The van der Waals surface area contributed by atoms with Gasteiger partial charge in [0.15, 0.2) is 6.61 Å². The van der Waals surface area contributed by atoms with Crippen molar-refractivity contribution in [3.05, 3.63) is 53.0 Å². The van der Waals surface area contributed by atoms with Crippen molar-refractivity contribution in [1.29, 1.82) is 0 Å². The zero-order chi connectivity index (χ0) is 18.6. The van der Waals surface area contributed by atoms with Crippen molar-refractivity contribution < 1.29 is 17.9 Å². The maximum Gasteiger partial charge on any atom is 0.262 e. The number of carbonyl (C=O) groups excluding carboxylic acids is 1. The standard InChI is InChI=1S/C18H19BrN2O4S/c19-16-8-1-2-9-17(16)25-13-18(22)20-14-6-5-7-15(12-14)26(23,24)21-10-3-4-11-21/h1-2,5-9,12H,3-4,10-11,13H2,(H,20,22). The van der Waals surface area contributed by atoms with Crippen LogP contribution in [0.15, 0.2) is 57.9 Å². The first-order valence-corrected chi connectivity index (χ1v) is 10.5. The van der Waals surface area contributed by atoms with Crippen molar-refractivity contribution in [2.45, 2.75) is 17.7 Å². The Bertz CT molecular complexity index is 896. The van der Waals surface area contributed by atoms with Crippen molar-refractivity contribution in [2.75, 3.05) is 25.0 Å². The van der Waals surface area contributed by atoms with Gasteiger partial charge in [-0.1, -0.05) is 18.2 Å². The summed E-state index contributed by atoms with van der Waals surface area (Å²) in [6.45, 7) is 0.906. The molecule has 138 valence electrons. The molecular weight excluding hydrogens is 420 g/mol. The molecule has 0 spiro atoms. The average molecular weight is 439 g/mol. The van der Waals surface area contributed by atoms with E-state index in [9.17, 15) is 13.2 Å². The Balaban J connectivity index is 1.65. The molecule has 2 aromatic rings. The highest BCUT2D eigenvalue weighted by Crippen LogP contribution is 2.24. The second-order valence-corrected chi connectivity index (χ2v) is 8.70. The average Bonchev–Trinajstić information content (AvgIpc) is 3.17. The summed E-state index contributed by atoms with van der Waals surface area (Å²) in [7, 11) is -3.51. The second-order valence-electron chi connectivity index (χ2n) is 5.91. The van der Waals surface area contributed by atoms with Gasteiger partial charge in [0.25, 0.3) is 5.91 Å². The number of hydrogen-bond acceptors (Lipinski definition) is 4. The summed E-state index contributed by atoms with van der Waals surface area (Å²) in [6, 6.07) is 13.5. The normalized spacial score (nSPS) is 15.0. The maximum absolute atomic E-state index is 12.6. The molecule has 1 aliphatic heterocycles. The highest BCUT2D eigenvalue weighted by atomic mass is 79.9. The van der Waals surface area contributed by atoms with E-state index in [2.05, 4.69) is 21.2 Å². The number of sulfonamides is 1. The molecule has 1 N–H and O–H groups in total. The van der Waals surface area contributed by atoms with Crippen LogP contribution in [0.5, 0.6) is 5.75 Å². The molecule has 2 aromatic carbocycles. The van der Waals surface area contributed by atoms with Gasteiger partial charge in [-0.15, -0.1) is 0 Å². The van der Waals surface area contributed by atoms with Gasteiger partial charge >= 0.3 is 0 Å². The zero-order valence-corrected chi connectivity index (χ0v) is 16.4. The van der Waals surface area contributed by atoms with E-state index in [1.54, 1.807) is 24.3 Å². The van der Waals surface area contributed by atoms with Gasteiger partial charge in [0, 0.05) is 18.8 Å². The van der Waals surface area contributed by atoms with Crippen LogP contribution in [-0.2, 0) is 14.8 Å². The van der Waals surface area contributed by atoms with Crippen LogP contribution in [0.2, 0.25) is 0 Å². The van der Waals surface area contributed by atoms with Crippen LogP contribution in [0.3, 0.4) is 0 Å². The predicted octanol–water partition coefficient (Wildman–Crippen LogP) is 3.25. The summed E-state index contributed by atoms with van der Waals surface area (Å²) in [5.74, 6) is 0.199. The minimum absolute atomic E-state index is 0.175. The lowest BCUT2D eigenvalue weighted by molar-refractivity contribution is -0.118. The highest BCUT2D eigenvalue weighted by molar-refractivity contribution is 9.10. The number of nitrogens with one attached hydrogen (secondary N) is 1. The third-order valence-corrected chi connectivity index (χ3v) is 6.57. The first kappa shape index (κ1) is 18.9. The number of rotatable bonds is 6. The largest absolute Gasteiger partial charge is 0.483 e. The number of ether oxygens (including phenoxy) is 1. The van der Waals surface area contributed by atoms with Gasteiger partial charge < -0.3 is 10.1 Å². The number of anilines is 1. The third-order valence-electron chi connectivity index (χ3n) is 4.02. The van der Waals surface area contributed by atoms with E-state index in [-0.39, 0.29) is 17.4 Å². The lowest BCUT2D eigenvalue weighted by atomic mass is 10.3. The Morgan fingerprint density at radius 1 is 1.12 bits per heavy atom. The Morgan fingerprint density at radius 2 is 1.85 bits per heavy atom. The second kappa shape index (κ2) is 8.20. The minimum Gasteiger partial charge on any atom is -0.483 e. The molecule has 0 bridgehead atoms. The van der Waals surface area contributed by atoms with Crippen LogP contribution in [0, 0.1) is 0 Å². The molecule has 1 fully saturated rings. The van der Waals surface area contributed by atoms with Gasteiger partial charge in [0.05, 0.1) is 9.37 Å². The van der Waals surface area contributed by atoms with Crippen LogP contribution in [0.25, 0.3) is 0 Å². The van der Waals surface area contributed by atoms with Gasteiger partial charge in [-0.05, 0) is 59.1 Å². The number of para-hydroxylation sites is 1. The SMILES string of the molecule is O=C(COc1ccccc1Br)Nc1cccc(S(=O)(=O)N2CCCC2)c1. The zero-order valence-electron chi connectivity index (χ0n) is 14.0. The van der Waals surface area contributed by atoms with Crippen molar-refractivity contribution >= 4 is 37.5 Å². The quantitative estimate of drug-likeness (QED) is 0.750. The third kappa shape index (κ3) is 4.44. The Hall–Kier alpha value is -1.90. The van der Waals surface area contributed by atoms with Gasteiger partial charge in [0.1, 0.15) is 5.75 Å². The molecule has 0 saturated carbocycles. The number of carbonyl (C=O) groups is 1. The molecule has 1 aliphatic rings. The van der Waals surface area contributed by atoms with Crippen LogP contribution in [-0.4, -0.2) is 38.3 Å². The Labute approximate surface area is 161 Å². The number of nitrogens with zero attached hydrogens (tertiary/aromatic N) is 1. The number of hydrogen-bond donors (Lipinski definition) is 1. The summed E-state index contributed by atoms with van der Waals surface area (Å²) in [5, 5.41) is 2.67. The van der Waals surface area contributed by atoms with E-state index in [4.69, 9.17) is 4.74 Å². The van der Waals surface area contributed by atoms with E-state index >= 15 is 0 Å². The van der Waals surface area contributed by atoms with Gasteiger partial charge in [-0.3, -0.25) is 4.79 Å². The summed E-state index contributed by atoms with van der Waals surface area (Å²) >= 11 is 3.35. The van der Waals surface area contributed by atoms with Crippen molar-refractivity contribution in [1.82, 2.24) is 4.31 Å². The topological polar surface area (TPSA) is 75.7 Å². The molecular formula is C18H19BrN2O4S. The van der Waals surface area contributed by atoms with Gasteiger partial charge in [0.2, 0.25) is 10.0 Å². The molecule has 1 heterocycles. The first-order valence-electron chi connectivity index (χ1n) is 8.24. The van der Waals surface area contributed by atoms with E-state index < -0.39 is 10.0 Å². The molecule has 26 heavy (non-hydrogen) atoms. The summed E-state index contributed by atoms with van der Waals surface area (Å²) in [5.41, 5.74) is 0.422. The van der Waals surface area contributed by atoms with E-state index in [1.165, 1.54) is 10.4 Å². The minimum atomic E-state index is -3.51. The van der Waals surface area contributed by atoms with Crippen LogP contribution in [0.4, 0.5) is 5.69 Å². The fraction of sp³-hybridized carbons (Fsp3) is 0.278. The lowest BCUT2D eigenvalue weighted by Gasteiger charge is -2.16. The maximum atomic E-state index is 12.6. The summed E-state index contributed by atoms with van der Waals surface area (Å²) in [4.78, 5) is 12.3. The summed E-state index contributed by atoms with van der Waals surface area (Å²) < 4.78 is 32.9. The van der Waals surface area contributed by atoms with Crippen LogP contribution in [0.1, 0.15) is 12.8 Å². The van der Waals surface area contributed by atoms with Crippen molar-refractivity contribution in [2.24, 2.45) is 0 Å². The molecule has 0 aliphatic carbocycles. The number of amides is 1. The fourth-order valence-corrected chi connectivity index (χ4v) is 4.68. The molecule has 0 unspecified atom stereocenters. The van der Waals surface area contributed by atoms with E-state index in [0.717, 1.165) is 17.3 Å². The first-order chi connectivity index (χ1) is 12.5. The molecule has 3 rings (SSSR count). The van der Waals surface area contributed by atoms with E-state index in [1.807, 2.05) is 18.2 Å². The number of halogens is 1. The smallest absolute Gasteiger partial charge is 0.262 e. The Morgan fingerprint density at radius 3 is 2.58 bits per heavy atom. The molecule has 0 aromatic heterocycles. The van der Waals surface area contributed by atoms with Crippen LogP contribution < -0.4 is 10.1 Å². The molecule has 0 atom stereocenters. The fourth-order valence-electron chi connectivity index (χ4n) is 2.71. The molecule has 0 radical (unpaired) electrons. The lowest BCUT2D eigenvalue weighted by Crippen LogP contribution is -2.28. The number of benzene rings is 2. The summed E-state index contributed by atoms with van der Waals surface area (Å²) in [6.07, 6.45) is 1.75. The molecule has 8 heteroatoms. The van der Waals surface area contributed by atoms with Crippen LogP contribution >= 0.6 is 15.9 Å². The van der Waals surface area contributed by atoms with Gasteiger partial charge in [-0.25, -0.2) is 8.42 Å². The highest BCUT2D eigenvalue weighted by Gasteiger charge is 2.27. The Kier molecular flexibility index (Phi) is 5.95. The van der Waals surface area contributed by atoms with Crippen molar-refractivity contribution in [3.63, 3.8) is 0 Å². The predicted molar refractivity (Wildman–Crippen MR) is 103 cm³/mol. The molecule has 6 nitrogen and oxygen atoms in total. The monoisotopic (exact) mass is 438 g/mol. The van der Waals surface area contributed by atoms with Gasteiger partial charge in [-0.2, -0.15) is 4.31 Å². The molecule has 1 amide bonds.